The van der Waals surface area contributed by atoms with Gasteiger partial charge in [0.25, 0.3) is 5.91 Å². The van der Waals surface area contributed by atoms with Crippen molar-refractivity contribution in [3.8, 4) is 5.75 Å². The molecule has 0 aromatic heterocycles. The monoisotopic (exact) mass is 359 g/mol. The van der Waals surface area contributed by atoms with Crippen molar-refractivity contribution >= 4 is 23.2 Å². The molecular formula is C19H22FN3O3. The van der Waals surface area contributed by atoms with E-state index in [9.17, 15) is 14.0 Å². The number of amides is 2. The van der Waals surface area contributed by atoms with Gasteiger partial charge in [0.15, 0.2) is 0 Å². The number of carbonyl (C=O) groups is 2. The summed E-state index contributed by atoms with van der Waals surface area (Å²) < 4.78 is 18.5. The van der Waals surface area contributed by atoms with Crippen LogP contribution in [0.4, 0.5) is 15.8 Å². The fourth-order valence-corrected chi connectivity index (χ4v) is 2.38. The van der Waals surface area contributed by atoms with Gasteiger partial charge in [-0.05, 0) is 42.8 Å². The lowest BCUT2D eigenvalue weighted by atomic mass is 10.1. The van der Waals surface area contributed by atoms with Gasteiger partial charge in [-0.1, -0.05) is 19.4 Å². The lowest BCUT2D eigenvalue weighted by Crippen LogP contribution is -2.35. The van der Waals surface area contributed by atoms with Crippen LogP contribution in [0.25, 0.3) is 0 Å². The minimum atomic E-state index is -0.604. The minimum Gasteiger partial charge on any atom is -0.495 e. The summed E-state index contributed by atoms with van der Waals surface area (Å²) in [6, 6.07) is 9.56. The average molecular weight is 359 g/mol. The number of hydrogen-bond acceptors (Lipinski definition) is 4. The van der Waals surface area contributed by atoms with Crippen LogP contribution in [-0.2, 0) is 4.79 Å². The molecule has 2 rings (SSSR count). The van der Waals surface area contributed by atoms with Gasteiger partial charge in [-0.25, -0.2) is 4.39 Å². The molecule has 0 aliphatic carbocycles. The van der Waals surface area contributed by atoms with Crippen molar-refractivity contribution in [3.05, 3.63) is 53.8 Å². The van der Waals surface area contributed by atoms with Crippen molar-refractivity contribution in [1.82, 2.24) is 0 Å². The molecule has 4 N–H and O–H groups in total. The van der Waals surface area contributed by atoms with Crippen LogP contribution in [0.1, 0.15) is 30.1 Å². The number of methoxy groups -OCH3 is 1. The number of carbonyl (C=O) groups excluding carboxylic acids is 2. The number of benzene rings is 2. The van der Waals surface area contributed by atoms with Gasteiger partial charge in [-0.2, -0.15) is 0 Å². The molecule has 2 aromatic rings. The number of hydrogen-bond donors (Lipinski definition) is 3. The summed E-state index contributed by atoms with van der Waals surface area (Å²) in [6.45, 7) is 1.95. The molecule has 0 aliphatic heterocycles. The van der Waals surface area contributed by atoms with E-state index in [1.54, 1.807) is 18.2 Å². The highest BCUT2D eigenvalue weighted by molar-refractivity contribution is 6.05. The standard InChI is InChI=1S/C19H22FN3O3/c1-3-5-15(21)19(25)22-14-8-9-17(26-2)16(11-14)23-18(24)12-6-4-7-13(20)10-12/h4,6-11,15H,3,5,21H2,1-2H3,(H,22,25)(H,23,24). The zero-order chi connectivity index (χ0) is 19.1. The van der Waals surface area contributed by atoms with Crippen molar-refractivity contribution in [3.63, 3.8) is 0 Å². The van der Waals surface area contributed by atoms with Gasteiger partial charge in [-0.15, -0.1) is 0 Å². The highest BCUT2D eigenvalue weighted by Gasteiger charge is 2.15. The first kappa shape index (κ1) is 19.4. The molecule has 1 atom stereocenters. The van der Waals surface area contributed by atoms with Crippen LogP contribution in [0, 0.1) is 5.82 Å². The maximum Gasteiger partial charge on any atom is 0.255 e. The third-order valence-electron chi connectivity index (χ3n) is 3.74. The Morgan fingerprint density at radius 3 is 2.62 bits per heavy atom. The second kappa shape index (κ2) is 8.96. The molecule has 7 heteroatoms. The molecule has 0 spiro atoms. The van der Waals surface area contributed by atoms with Gasteiger partial charge in [0.2, 0.25) is 5.91 Å². The van der Waals surface area contributed by atoms with Crippen molar-refractivity contribution in [1.29, 1.82) is 0 Å². The summed E-state index contributed by atoms with van der Waals surface area (Å²) in [5.74, 6) is -0.894. The molecule has 0 saturated carbocycles. The normalized spacial score (nSPS) is 11.5. The van der Waals surface area contributed by atoms with Crippen LogP contribution in [0.3, 0.4) is 0 Å². The Hall–Kier alpha value is -2.93. The van der Waals surface area contributed by atoms with Gasteiger partial charge in [0.05, 0.1) is 18.8 Å². The quantitative estimate of drug-likeness (QED) is 0.708. The summed E-state index contributed by atoms with van der Waals surface area (Å²) in [7, 11) is 1.46. The molecule has 6 nitrogen and oxygen atoms in total. The van der Waals surface area contributed by atoms with E-state index in [0.717, 1.165) is 12.5 Å². The Bertz CT molecular complexity index is 795. The molecule has 26 heavy (non-hydrogen) atoms. The van der Waals surface area contributed by atoms with E-state index in [4.69, 9.17) is 10.5 Å². The zero-order valence-corrected chi connectivity index (χ0v) is 14.7. The summed E-state index contributed by atoms with van der Waals surface area (Å²) in [6.07, 6.45) is 1.37. The molecule has 2 aromatic carbocycles. The number of nitrogens with two attached hydrogens (primary N) is 1. The molecule has 0 saturated heterocycles. The predicted octanol–water partition coefficient (Wildman–Crippen LogP) is 3.15. The largest absolute Gasteiger partial charge is 0.495 e. The molecular weight excluding hydrogens is 337 g/mol. The second-order valence-electron chi connectivity index (χ2n) is 5.76. The van der Waals surface area contributed by atoms with Crippen LogP contribution in [-0.4, -0.2) is 25.0 Å². The predicted molar refractivity (Wildman–Crippen MR) is 98.9 cm³/mol. The van der Waals surface area contributed by atoms with Crippen molar-refractivity contribution < 1.29 is 18.7 Å². The van der Waals surface area contributed by atoms with Gasteiger partial charge >= 0.3 is 0 Å². The van der Waals surface area contributed by atoms with Crippen LogP contribution in [0.5, 0.6) is 5.75 Å². The molecule has 0 bridgehead atoms. The molecule has 0 radical (unpaired) electrons. The smallest absolute Gasteiger partial charge is 0.255 e. The summed E-state index contributed by atoms with van der Waals surface area (Å²) in [4.78, 5) is 24.4. The van der Waals surface area contributed by atoms with Crippen molar-refractivity contribution in [2.24, 2.45) is 5.73 Å². The fraction of sp³-hybridized carbons (Fsp3) is 0.263. The van der Waals surface area contributed by atoms with Gasteiger partial charge in [0.1, 0.15) is 11.6 Å². The molecule has 0 heterocycles. The van der Waals surface area contributed by atoms with Crippen LogP contribution in [0.2, 0.25) is 0 Å². The van der Waals surface area contributed by atoms with E-state index in [2.05, 4.69) is 10.6 Å². The van der Waals surface area contributed by atoms with Gasteiger partial charge in [0, 0.05) is 11.3 Å². The van der Waals surface area contributed by atoms with E-state index >= 15 is 0 Å². The third kappa shape index (κ3) is 5.03. The fourth-order valence-electron chi connectivity index (χ4n) is 2.38. The first-order chi connectivity index (χ1) is 12.4. The maximum absolute atomic E-state index is 13.3. The van der Waals surface area contributed by atoms with Crippen molar-refractivity contribution in [2.45, 2.75) is 25.8 Å². The molecule has 2 amide bonds. The Balaban J connectivity index is 2.19. The Kier molecular flexibility index (Phi) is 6.68. The Morgan fingerprint density at radius 2 is 1.96 bits per heavy atom. The Morgan fingerprint density at radius 1 is 1.19 bits per heavy atom. The molecule has 1 unspecified atom stereocenters. The lowest BCUT2D eigenvalue weighted by molar-refractivity contribution is -0.117. The van der Waals surface area contributed by atoms with Gasteiger partial charge < -0.3 is 21.1 Å². The van der Waals surface area contributed by atoms with E-state index in [0.29, 0.717) is 23.5 Å². The number of halogens is 1. The number of ether oxygens (including phenoxy) is 1. The van der Waals surface area contributed by atoms with Crippen LogP contribution in [0.15, 0.2) is 42.5 Å². The molecule has 0 aliphatic rings. The van der Waals surface area contributed by atoms with Crippen LogP contribution >= 0.6 is 0 Å². The summed E-state index contributed by atoms with van der Waals surface area (Å²) >= 11 is 0. The molecule has 138 valence electrons. The number of anilines is 2. The highest BCUT2D eigenvalue weighted by Crippen LogP contribution is 2.28. The van der Waals surface area contributed by atoms with Crippen molar-refractivity contribution in [2.75, 3.05) is 17.7 Å². The summed E-state index contributed by atoms with van der Waals surface area (Å²) in [5, 5.41) is 5.37. The average Bonchev–Trinajstić information content (AvgIpc) is 2.62. The first-order valence-electron chi connectivity index (χ1n) is 8.26. The Labute approximate surface area is 151 Å². The minimum absolute atomic E-state index is 0.173. The maximum atomic E-state index is 13.3. The van der Waals surface area contributed by atoms with E-state index in [1.807, 2.05) is 6.92 Å². The van der Waals surface area contributed by atoms with E-state index in [1.165, 1.54) is 25.3 Å². The second-order valence-corrected chi connectivity index (χ2v) is 5.76. The number of rotatable bonds is 7. The highest BCUT2D eigenvalue weighted by atomic mass is 19.1. The lowest BCUT2D eigenvalue weighted by Gasteiger charge is -2.15. The molecule has 0 fully saturated rings. The summed E-state index contributed by atoms with van der Waals surface area (Å²) in [5.41, 5.74) is 6.79. The van der Waals surface area contributed by atoms with Crippen LogP contribution < -0.4 is 21.1 Å². The topological polar surface area (TPSA) is 93.5 Å². The van der Waals surface area contributed by atoms with E-state index < -0.39 is 17.8 Å². The number of nitrogens with one attached hydrogen (secondary N) is 2. The van der Waals surface area contributed by atoms with Gasteiger partial charge in [-0.3, -0.25) is 9.59 Å². The first-order valence-corrected chi connectivity index (χ1v) is 8.26. The zero-order valence-electron chi connectivity index (χ0n) is 14.7. The third-order valence-corrected chi connectivity index (χ3v) is 3.74. The van der Waals surface area contributed by atoms with E-state index in [-0.39, 0.29) is 11.5 Å². The SMILES string of the molecule is CCCC(N)C(=O)Nc1ccc(OC)c(NC(=O)c2cccc(F)c2)c1.